The van der Waals surface area contributed by atoms with Crippen LogP contribution >= 0.6 is 0 Å². The fourth-order valence-electron chi connectivity index (χ4n) is 2.18. The van der Waals surface area contributed by atoms with Gasteiger partial charge in [0.05, 0.1) is 0 Å². The van der Waals surface area contributed by atoms with E-state index in [1.165, 1.54) is 11.1 Å². The standard InChI is InChI=1S/C18H23NO2/c1-3-19-13-16-6-9-18(12-14(16)2)21-17-7-4-15(5-8-17)10-11-20/h4-9,12,19-20H,3,10-11,13H2,1-2H3. The molecule has 0 fully saturated rings. The van der Waals surface area contributed by atoms with Crippen molar-refractivity contribution in [3.8, 4) is 11.5 Å². The Morgan fingerprint density at radius 1 is 1.05 bits per heavy atom. The summed E-state index contributed by atoms with van der Waals surface area (Å²) >= 11 is 0. The molecule has 0 atom stereocenters. The number of nitrogens with one attached hydrogen (secondary N) is 1. The van der Waals surface area contributed by atoms with Crippen molar-refractivity contribution in [2.45, 2.75) is 26.8 Å². The topological polar surface area (TPSA) is 41.5 Å². The number of aliphatic hydroxyl groups is 1. The van der Waals surface area contributed by atoms with Gasteiger partial charge in [0.15, 0.2) is 0 Å². The van der Waals surface area contributed by atoms with Gasteiger partial charge in [-0.2, -0.15) is 0 Å². The van der Waals surface area contributed by atoms with E-state index >= 15 is 0 Å². The Kier molecular flexibility index (Phi) is 5.78. The van der Waals surface area contributed by atoms with Gasteiger partial charge in [-0.05, 0) is 60.8 Å². The molecule has 0 spiro atoms. The number of hydrogen-bond donors (Lipinski definition) is 2. The molecule has 0 bridgehead atoms. The Morgan fingerprint density at radius 2 is 1.76 bits per heavy atom. The monoisotopic (exact) mass is 285 g/mol. The van der Waals surface area contributed by atoms with E-state index in [4.69, 9.17) is 9.84 Å². The van der Waals surface area contributed by atoms with Gasteiger partial charge in [-0.15, -0.1) is 0 Å². The maximum Gasteiger partial charge on any atom is 0.127 e. The van der Waals surface area contributed by atoms with Crippen molar-refractivity contribution in [1.82, 2.24) is 5.32 Å². The molecular weight excluding hydrogens is 262 g/mol. The molecular formula is C18H23NO2. The number of aliphatic hydroxyl groups excluding tert-OH is 1. The highest BCUT2D eigenvalue weighted by atomic mass is 16.5. The van der Waals surface area contributed by atoms with Gasteiger partial charge in [0.2, 0.25) is 0 Å². The highest BCUT2D eigenvalue weighted by Gasteiger charge is 2.02. The van der Waals surface area contributed by atoms with Gasteiger partial charge in [0, 0.05) is 13.2 Å². The van der Waals surface area contributed by atoms with E-state index in [1.807, 2.05) is 30.3 Å². The van der Waals surface area contributed by atoms with Crippen LogP contribution in [0.3, 0.4) is 0 Å². The average Bonchev–Trinajstić information content (AvgIpc) is 2.49. The second kappa shape index (κ2) is 7.81. The summed E-state index contributed by atoms with van der Waals surface area (Å²) in [6.07, 6.45) is 0.679. The lowest BCUT2D eigenvalue weighted by Gasteiger charge is -2.10. The van der Waals surface area contributed by atoms with Crippen LogP contribution in [-0.2, 0) is 13.0 Å². The molecule has 0 unspecified atom stereocenters. The molecule has 0 aromatic heterocycles. The van der Waals surface area contributed by atoms with Crippen molar-refractivity contribution in [1.29, 1.82) is 0 Å². The van der Waals surface area contributed by atoms with Crippen LogP contribution in [0.2, 0.25) is 0 Å². The molecule has 2 aromatic rings. The number of hydrogen-bond acceptors (Lipinski definition) is 3. The summed E-state index contributed by atoms with van der Waals surface area (Å²) < 4.78 is 5.87. The molecule has 0 saturated heterocycles. The zero-order chi connectivity index (χ0) is 15.1. The first-order valence-electron chi connectivity index (χ1n) is 7.41. The summed E-state index contributed by atoms with van der Waals surface area (Å²) in [6, 6.07) is 14.0. The number of aryl methyl sites for hydroxylation is 1. The van der Waals surface area contributed by atoms with Crippen molar-refractivity contribution >= 4 is 0 Å². The van der Waals surface area contributed by atoms with E-state index in [0.29, 0.717) is 6.42 Å². The highest BCUT2D eigenvalue weighted by molar-refractivity contribution is 5.38. The summed E-state index contributed by atoms with van der Waals surface area (Å²) in [6.45, 7) is 6.24. The SMILES string of the molecule is CCNCc1ccc(Oc2ccc(CCO)cc2)cc1C. The molecule has 0 aliphatic carbocycles. The molecule has 0 radical (unpaired) electrons. The largest absolute Gasteiger partial charge is 0.457 e. The summed E-state index contributed by atoms with van der Waals surface area (Å²) in [5.74, 6) is 1.66. The average molecular weight is 285 g/mol. The Morgan fingerprint density at radius 3 is 2.38 bits per heavy atom. The van der Waals surface area contributed by atoms with Crippen LogP contribution in [0.15, 0.2) is 42.5 Å². The number of rotatable bonds is 7. The van der Waals surface area contributed by atoms with E-state index in [-0.39, 0.29) is 6.61 Å². The van der Waals surface area contributed by atoms with E-state index < -0.39 is 0 Å². The van der Waals surface area contributed by atoms with Crippen molar-refractivity contribution < 1.29 is 9.84 Å². The maximum atomic E-state index is 8.91. The van der Waals surface area contributed by atoms with Crippen LogP contribution in [0.5, 0.6) is 11.5 Å². The van der Waals surface area contributed by atoms with Crippen LogP contribution in [0, 0.1) is 6.92 Å². The van der Waals surface area contributed by atoms with Gasteiger partial charge in [-0.3, -0.25) is 0 Å². The fourth-order valence-corrected chi connectivity index (χ4v) is 2.18. The van der Waals surface area contributed by atoms with Gasteiger partial charge in [-0.25, -0.2) is 0 Å². The summed E-state index contributed by atoms with van der Waals surface area (Å²) in [5, 5.41) is 12.2. The van der Waals surface area contributed by atoms with Gasteiger partial charge >= 0.3 is 0 Å². The Bertz CT molecular complexity index is 564. The van der Waals surface area contributed by atoms with Crippen LogP contribution in [0.25, 0.3) is 0 Å². The summed E-state index contributed by atoms with van der Waals surface area (Å²) in [5.41, 5.74) is 3.63. The quantitative estimate of drug-likeness (QED) is 0.819. The van der Waals surface area contributed by atoms with Crippen molar-refractivity contribution in [3.63, 3.8) is 0 Å². The molecule has 2 N–H and O–H groups in total. The molecule has 0 saturated carbocycles. The third kappa shape index (κ3) is 4.59. The molecule has 21 heavy (non-hydrogen) atoms. The molecule has 0 amide bonds. The Balaban J connectivity index is 2.03. The zero-order valence-electron chi connectivity index (χ0n) is 12.7. The van der Waals surface area contributed by atoms with E-state index in [1.54, 1.807) is 0 Å². The minimum Gasteiger partial charge on any atom is -0.457 e. The Labute approximate surface area is 126 Å². The maximum absolute atomic E-state index is 8.91. The normalized spacial score (nSPS) is 10.6. The summed E-state index contributed by atoms with van der Waals surface area (Å²) in [4.78, 5) is 0. The van der Waals surface area contributed by atoms with Crippen molar-refractivity contribution in [2.24, 2.45) is 0 Å². The van der Waals surface area contributed by atoms with Crippen molar-refractivity contribution in [3.05, 3.63) is 59.2 Å². The van der Waals surface area contributed by atoms with Gasteiger partial charge < -0.3 is 15.2 Å². The zero-order valence-corrected chi connectivity index (χ0v) is 12.7. The van der Waals surface area contributed by atoms with Crippen LogP contribution in [0.4, 0.5) is 0 Å². The first kappa shape index (κ1) is 15.5. The summed E-state index contributed by atoms with van der Waals surface area (Å²) in [7, 11) is 0. The van der Waals surface area contributed by atoms with E-state index in [2.05, 4.69) is 31.3 Å². The van der Waals surface area contributed by atoms with Crippen LogP contribution < -0.4 is 10.1 Å². The number of ether oxygens (including phenoxy) is 1. The fraction of sp³-hybridized carbons (Fsp3) is 0.333. The van der Waals surface area contributed by atoms with Gasteiger partial charge in [-0.1, -0.05) is 25.1 Å². The van der Waals surface area contributed by atoms with Crippen LogP contribution in [-0.4, -0.2) is 18.3 Å². The molecule has 0 heterocycles. The molecule has 3 nitrogen and oxygen atoms in total. The third-order valence-corrected chi connectivity index (χ3v) is 3.44. The van der Waals surface area contributed by atoms with Crippen molar-refractivity contribution in [2.75, 3.05) is 13.2 Å². The predicted molar refractivity (Wildman–Crippen MR) is 85.9 cm³/mol. The number of benzene rings is 2. The second-order valence-electron chi connectivity index (χ2n) is 5.09. The van der Waals surface area contributed by atoms with Crippen LogP contribution in [0.1, 0.15) is 23.6 Å². The molecule has 0 aliphatic rings. The van der Waals surface area contributed by atoms with E-state index in [9.17, 15) is 0 Å². The predicted octanol–water partition coefficient (Wildman–Crippen LogP) is 3.43. The Hall–Kier alpha value is -1.84. The first-order valence-corrected chi connectivity index (χ1v) is 7.41. The highest BCUT2D eigenvalue weighted by Crippen LogP contribution is 2.24. The van der Waals surface area contributed by atoms with Gasteiger partial charge in [0.1, 0.15) is 11.5 Å². The second-order valence-corrected chi connectivity index (χ2v) is 5.09. The lowest BCUT2D eigenvalue weighted by molar-refractivity contribution is 0.299. The first-order chi connectivity index (χ1) is 10.2. The minimum absolute atomic E-state index is 0.173. The molecule has 2 aromatic carbocycles. The minimum atomic E-state index is 0.173. The lowest BCUT2D eigenvalue weighted by atomic mass is 10.1. The molecule has 112 valence electrons. The van der Waals surface area contributed by atoms with E-state index in [0.717, 1.165) is 30.2 Å². The molecule has 2 rings (SSSR count). The molecule has 3 heteroatoms. The lowest BCUT2D eigenvalue weighted by Crippen LogP contribution is -2.12. The van der Waals surface area contributed by atoms with Gasteiger partial charge in [0.25, 0.3) is 0 Å². The third-order valence-electron chi connectivity index (χ3n) is 3.44. The molecule has 0 aliphatic heterocycles. The smallest absolute Gasteiger partial charge is 0.127 e.